The number of alkyl halides is 3. The summed E-state index contributed by atoms with van der Waals surface area (Å²) in [6, 6.07) is 2.74. The van der Waals surface area contributed by atoms with Gasteiger partial charge in [0, 0.05) is 18.1 Å². The molecule has 0 aliphatic heterocycles. The van der Waals surface area contributed by atoms with E-state index in [4.69, 9.17) is 5.73 Å². The van der Waals surface area contributed by atoms with Gasteiger partial charge in [-0.25, -0.2) is 0 Å². The number of nitrogens with one attached hydrogen (secondary N) is 1. The fourth-order valence-electron chi connectivity index (χ4n) is 1.43. The maximum absolute atomic E-state index is 12.6. The zero-order valence-electron chi connectivity index (χ0n) is 11.1. The lowest BCUT2D eigenvalue weighted by Crippen LogP contribution is -2.34. The SMILES string of the molecule is CN(CCCN)S(=O)(=O)Nc1cc(C(F)(F)F)ccc1Br. The van der Waals surface area contributed by atoms with Gasteiger partial charge in [0.2, 0.25) is 0 Å². The third-order valence-electron chi connectivity index (χ3n) is 2.62. The second-order valence-corrected chi connectivity index (χ2v) is 6.90. The van der Waals surface area contributed by atoms with Crippen molar-refractivity contribution in [3.63, 3.8) is 0 Å². The molecule has 0 atom stereocenters. The molecule has 10 heteroatoms. The molecular formula is C11H15BrF3N3O2S. The summed E-state index contributed by atoms with van der Waals surface area (Å²) < 4.78 is 65.2. The number of halogens is 4. The highest BCUT2D eigenvalue weighted by atomic mass is 79.9. The zero-order valence-corrected chi connectivity index (χ0v) is 13.5. The second-order valence-electron chi connectivity index (χ2n) is 4.26. The van der Waals surface area contributed by atoms with Crippen LogP contribution in [0, 0.1) is 0 Å². The molecule has 0 saturated heterocycles. The zero-order chi connectivity index (χ0) is 16.3. The average molecular weight is 390 g/mol. The van der Waals surface area contributed by atoms with Crippen LogP contribution in [0.4, 0.5) is 18.9 Å². The van der Waals surface area contributed by atoms with Crippen molar-refractivity contribution < 1.29 is 21.6 Å². The molecule has 21 heavy (non-hydrogen) atoms. The number of nitrogens with two attached hydrogens (primary N) is 1. The summed E-state index contributed by atoms with van der Waals surface area (Å²) >= 11 is 3.02. The van der Waals surface area contributed by atoms with E-state index in [1.807, 2.05) is 0 Å². The van der Waals surface area contributed by atoms with Crippen molar-refractivity contribution in [2.45, 2.75) is 12.6 Å². The van der Waals surface area contributed by atoms with Crippen LogP contribution in [0.5, 0.6) is 0 Å². The number of anilines is 1. The van der Waals surface area contributed by atoms with Gasteiger partial charge >= 0.3 is 16.4 Å². The van der Waals surface area contributed by atoms with Gasteiger partial charge in [-0.2, -0.15) is 25.9 Å². The summed E-state index contributed by atoms with van der Waals surface area (Å²) in [6.07, 6.45) is -4.10. The first kappa shape index (κ1) is 18.2. The highest BCUT2D eigenvalue weighted by Gasteiger charge is 2.31. The van der Waals surface area contributed by atoms with E-state index in [2.05, 4.69) is 20.7 Å². The molecule has 0 aliphatic carbocycles. The fraction of sp³-hybridized carbons (Fsp3) is 0.455. The summed E-state index contributed by atoms with van der Waals surface area (Å²) in [6.45, 7) is 0.482. The van der Waals surface area contributed by atoms with Gasteiger partial charge in [-0.15, -0.1) is 0 Å². The molecule has 0 radical (unpaired) electrons. The molecule has 0 aliphatic rings. The standard InChI is InChI=1S/C11H15BrF3N3O2S/c1-18(6-2-5-16)21(19,20)17-10-7-8(11(13,14)15)3-4-9(10)12/h3-4,7,17H,2,5-6,16H2,1H3. The number of nitrogens with zero attached hydrogens (tertiary/aromatic N) is 1. The summed E-state index contributed by atoms with van der Waals surface area (Å²) in [5.41, 5.74) is 4.18. The molecule has 0 aromatic heterocycles. The van der Waals surface area contributed by atoms with Crippen LogP contribution in [0.15, 0.2) is 22.7 Å². The maximum Gasteiger partial charge on any atom is 0.416 e. The quantitative estimate of drug-likeness (QED) is 0.784. The van der Waals surface area contributed by atoms with Crippen molar-refractivity contribution in [2.75, 3.05) is 24.9 Å². The van der Waals surface area contributed by atoms with Crippen molar-refractivity contribution in [2.24, 2.45) is 5.73 Å². The highest BCUT2D eigenvalue weighted by molar-refractivity contribution is 9.10. The number of hydrogen-bond donors (Lipinski definition) is 2. The van der Waals surface area contributed by atoms with Gasteiger partial charge in [-0.1, -0.05) is 0 Å². The summed E-state index contributed by atoms with van der Waals surface area (Å²) in [4.78, 5) is 0. The van der Waals surface area contributed by atoms with Gasteiger partial charge < -0.3 is 5.73 Å². The molecule has 0 saturated carbocycles. The molecular weight excluding hydrogens is 375 g/mol. The van der Waals surface area contributed by atoms with Crippen LogP contribution in [0.1, 0.15) is 12.0 Å². The van der Waals surface area contributed by atoms with Crippen molar-refractivity contribution in [1.29, 1.82) is 0 Å². The Balaban J connectivity index is 3.01. The Morgan fingerprint density at radius 3 is 2.52 bits per heavy atom. The van der Waals surface area contributed by atoms with Crippen LogP contribution in [0.25, 0.3) is 0 Å². The van der Waals surface area contributed by atoms with E-state index >= 15 is 0 Å². The van der Waals surface area contributed by atoms with Crippen LogP contribution >= 0.6 is 15.9 Å². The summed E-state index contributed by atoms with van der Waals surface area (Å²) in [5, 5.41) is 0. The monoisotopic (exact) mass is 389 g/mol. The number of hydrogen-bond acceptors (Lipinski definition) is 3. The molecule has 5 nitrogen and oxygen atoms in total. The lowest BCUT2D eigenvalue weighted by molar-refractivity contribution is -0.137. The molecule has 0 fully saturated rings. The van der Waals surface area contributed by atoms with Crippen molar-refractivity contribution in [1.82, 2.24) is 4.31 Å². The van der Waals surface area contributed by atoms with E-state index in [0.717, 1.165) is 22.5 Å². The van der Waals surface area contributed by atoms with E-state index in [-0.39, 0.29) is 16.7 Å². The van der Waals surface area contributed by atoms with E-state index in [0.29, 0.717) is 13.0 Å². The van der Waals surface area contributed by atoms with Crippen molar-refractivity contribution >= 4 is 31.8 Å². The Morgan fingerprint density at radius 1 is 1.38 bits per heavy atom. The Bertz CT molecular complexity index is 593. The van der Waals surface area contributed by atoms with Crippen LogP contribution in [0.3, 0.4) is 0 Å². The topological polar surface area (TPSA) is 75.4 Å². The minimum atomic E-state index is -4.55. The first-order chi connectivity index (χ1) is 9.58. The summed E-state index contributed by atoms with van der Waals surface area (Å²) in [7, 11) is -2.62. The molecule has 0 amide bonds. The molecule has 1 aromatic rings. The highest BCUT2D eigenvalue weighted by Crippen LogP contribution is 2.34. The molecule has 120 valence electrons. The molecule has 1 aromatic carbocycles. The van der Waals surface area contributed by atoms with Crippen molar-refractivity contribution in [3.05, 3.63) is 28.2 Å². The van der Waals surface area contributed by atoms with Crippen LogP contribution in [-0.4, -0.2) is 32.9 Å². The van der Waals surface area contributed by atoms with Crippen molar-refractivity contribution in [3.8, 4) is 0 Å². The third-order valence-corrected chi connectivity index (χ3v) is 4.79. The molecule has 0 unspecified atom stereocenters. The molecule has 0 bridgehead atoms. The van der Waals surface area contributed by atoms with E-state index < -0.39 is 21.9 Å². The first-order valence-corrected chi connectivity index (χ1v) is 8.12. The largest absolute Gasteiger partial charge is 0.416 e. The predicted molar refractivity (Wildman–Crippen MR) is 78.0 cm³/mol. The van der Waals surface area contributed by atoms with Gasteiger partial charge in [0.1, 0.15) is 0 Å². The van der Waals surface area contributed by atoms with E-state index in [9.17, 15) is 21.6 Å². The fourth-order valence-corrected chi connectivity index (χ4v) is 2.88. The van der Waals surface area contributed by atoms with Crippen LogP contribution in [0.2, 0.25) is 0 Å². The van der Waals surface area contributed by atoms with E-state index in [1.165, 1.54) is 7.05 Å². The third kappa shape index (κ3) is 5.13. The normalized spacial score (nSPS) is 12.7. The predicted octanol–water partition coefficient (Wildman–Crippen LogP) is 2.41. The second kappa shape index (κ2) is 6.95. The maximum atomic E-state index is 12.6. The molecule has 0 heterocycles. The first-order valence-electron chi connectivity index (χ1n) is 5.89. The molecule has 1 rings (SSSR count). The number of benzene rings is 1. The Morgan fingerprint density at radius 2 is 2.00 bits per heavy atom. The van der Waals surface area contributed by atoms with Gasteiger partial charge in [0.15, 0.2) is 0 Å². The smallest absolute Gasteiger partial charge is 0.330 e. The Labute approximate surface area is 129 Å². The van der Waals surface area contributed by atoms with Crippen LogP contribution < -0.4 is 10.5 Å². The molecule has 3 N–H and O–H groups in total. The van der Waals surface area contributed by atoms with Gasteiger partial charge in [0.05, 0.1) is 11.3 Å². The lowest BCUT2D eigenvalue weighted by Gasteiger charge is -2.19. The van der Waals surface area contributed by atoms with E-state index in [1.54, 1.807) is 0 Å². The summed E-state index contributed by atoms with van der Waals surface area (Å²) in [5.74, 6) is 0. The van der Waals surface area contributed by atoms with Crippen LogP contribution in [-0.2, 0) is 16.4 Å². The lowest BCUT2D eigenvalue weighted by atomic mass is 10.2. The molecule has 0 spiro atoms. The van der Waals surface area contributed by atoms with Gasteiger partial charge in [-0.3, -0.25) is 4.72 Å². The Hall–Kier alpha value is -0.840. The van der Waals surface area contributed by atoms with Gasteiger partial charge in [-0.05, 0) is 47.1 Å². The Kier molecular flexibility index (Phi) is 6.02. The number of rotatable bonds is 6. The minimum absolute atomic E-state index is 0.169. The van der Waals surface area contributed by atoms with Gasteiger partial charge in [0.25, 0.3) is 0 Å². The average Bonchev–Trinajstić information content (AvgIpc) is 2.36. The minimum Gasteiger partial charge on any atom is -0.330 e.